The van der Waals surface area contributed by atoms with Crippen LogP contribution < -0.4 is 20.8 Å². The van der Waals surface area contributed by atoms with Crippen LogP contribution in [0.4, 0.5) is 10.5 Å². The molecule has 4 amide bonds. The number of amides is 4. The Kier molecular flexibility index (Phi) is 5.27. The molecular weight excluding hydrogens is 348 g/mol. The van der Waals surface area contributed by atoms with Crippen molar-refractivity contribution >= 4 is 35.3 Å². The van der Waals surface area contributed by atoms with E-state index in [1.807, 2.05) is 0 Å². The lowest BCUT2D eigenvalue weighted by atomic mass is 10.1. The van der Waals surface area contributed by atoms with Gasteiger partial charge in [-0.3, -0.25) is 14.9 Å². The molecule has 0 bridgehead atoms. The van der Waals surface area contributed by atoms with Gasteiger partial charge in [-0.05, 0) is 29.8 Å². The lowest BCUT2D eigenvalue weighted by Crippen LogP contribution is -2.37. The van der Waals surface area contributed by atoms with E-state index in [1.165, 1.54) is 6.08 Å². The average molecular weight is 364 g/mol. The summed E-state index contributed by atoms with van der Waals surface area (Å²) in [5.74, 6) is -0.352. The van der Waals surface area contributed by atoms with Crippen molar-refractivity contribution < 1.29 is 19.1 Å². The van der Waals surface area contributed by atoms with Gasteiger partial charge in [0.05, 0.1) is 12.8 Å². The first-order valence-electron chi connectivity index (χ1n) is 7.98. The van der Waals surface area contributed by atoms with Crippen molar-refractivity contribution in [1.29, 1.82) is 0 Å². The van der Waals surface area contributed by atoms with Crippen LogP contribution >= 0.6 is 0 Å². The molecule has 3 N–H and O–H groups in total. The minimum atomic E-state index is -0.843. The number of rotatable bonds is 4. The summed E-state index contributed by atoms with van der Waals surface area (Å²) < 4.78 is 5.05. The molecule has 136 valence electrons. The van der Waals surface area contributed by atoms with E-state index in [0.717, 1.165) is 5.56 Å². The van der Waals surface area contributed by atoms with Crippen LogP contribution in [-0.2, 0) is 9.59 Å². The van der Waals surface area contributed by atoms with Gasteiger partial charge in [-0.1, -0.05) is 30.3 Å². The zero-order valence-corrected chi connectivity index (χ0v) is 14.4. The van der Waals surface area contributed by atoms with Crippen LogP contribution in [0.1, 0.15) is 11.1 Å². The predicted molar refractivity (Wildman–Crippen MR) is 100 cm³/mol. The Morgan fingerprint density at radius 1 is 1.11 bits per heavy atom. The van der Waals surface area contributed by atoms with Gasteiger partial charge in [0.25, 0.3) is 11.8 Å². The molecule has 2 aromatic carbocycles. The molecule has 0 fully saturated rings. The van der Waals surface area contributed by atoms with Crippen molar-refractivity contribution in [1.82, 2.24) is 10.7 Å². The van der Waals surface area contributed by atoms with Crippen molar-refractivity contribution in [2.24, 2.45) is 5.10 Å². The molecule has 0 spiro atoms. The lowest BCUT2D eigenvalue weighted by molar-refractivity contribution is -0.115. The number of imide groups is 1. The highest BCUT2D eigenvalue weighted by atomic mass is 16.5. The first-order valence-corrected chi connectivity index (χ1v) is 7.98. The highest BCUT2D eigenvalue weighted by Crippen LogP contribution is 2.22. The largest absolute Gasteiger partial charge is 0.497 e. The molecule has 3 rings (SSSR count). The number of urea groups is 1. The van der Waals surface area contributed by atoms with E-state index in [1.54, 1.807) is 61.7 Å². The molecule has 8 heteroatoms. The van der Waals surface area contributed by atoms with Crippen LogP contribution in [0, 0.1) is 0 Å². The molecular formula is C19H16N4O4. The van der Waals surface area contributed by atoms with Crippen LogP contribution in [-0.4, -0.2) is 30.7 Å². The maximum atomic E-state index is 11.9. The van der Waals surface area contributed by atoms with Crippen molar-refractivity contribution in [2.45, 2.75) is 0 Å². The fourth-order valence-electron chi connectivity index (χ4n) is 2.39. The van der Waals surface area contributed by atoms with Crippen molar-refractivity contribution in [3.05, 3.63) is 65.7 Å². The van der Waals surface area contributed by atoms with Crippen molar-refractivity contribution in [3.63, 3.8) is 0 Å². The Morgan fingerprint density at radius 3 is 2.59 bits per heavy atom. The van der Waals surface area contributed by atoms with E-state index in [-0.39, 0.29) is 5.71 Å². The molecule has 0 saturated heterocycles. The van der Waals surface area contributed by atoms with Gasteiger partial charge in [0.15, 0.2) is 5.71 Å². The number of anilines is 1. The smallest absolute Gasteiger partial charge is 0.342 e. The fourth-order valence-corrected chi connectivity index (χ4v) is 2.39. The molecule has 1 heterocycles. The SMILES string of the molecule is COc1ccc(/C=C/C(=O)NC(=O)N/N=C2\C(=O)Nc3ccccc32)cc1. The summed E-state index contributed by atoms with van der Waals surface area (Å²) in [6.07, 6.45) is 2.76. The normalized spacial score (nSPS) is 14.0. The maximum Gasteiger partial charge on any atom is 0.342 e. The van der Waals surface area contributed by atoms with E-state index < -0.39 is 17.8 Å². The summed E-state index contributed by atoms with van der Waals surface area (Å²) in [5, 5.41) is 8.51. The van der Waals surface area contributed by atoms with E-state index in [9.17, 15) is 14.4 Å². The Morgan fingerprint density at radius 2 is 1.85 bits per heavy atom. The molecule has 2 aromatic rings. The first kappa shape index (κ1) is 17.9. The van der Waals surface area contributed by atoms with Crippen molar-refractivity contribution in [3.8, 4) is 5.75 Å². The quantitative estimate of drug-likeness (QED) is 0.568. The number of nitrogens with one attached hydrogen (secondary N) is 3. The van der Waals surface area contributed by atoms with Crippen molar-refractivity contribution in [2.75, 3.05) is 12.4 Å². The number of hydrogen-bond acceptors (Lipinski definition) is 5. The van der Waals surface area contributed by atoms with Crippen LogP contribution in [0.5, 0.6) is 5.75 Å². The van der Waals surface area contributed by atoms with Gasteiger partial charge < -0.3 is 10.1 Å². The predicted octanol–water partition coefficient (Wildman–Crippen LogP) is 1.89. The summed E-state index contributed by atoms with van der Waals surface area (Å²) >= 11 is 0. The summed E-state index contributed by atoms with van der Waals surface area (Å²) in [6.45, 7) is 0. The molecule has 1 aliphatic heterocycles. The number of benzene rings is 2. The molecule has 8 nitrogen and oxygen atoms in total. The standard InChI is InChI=1S/C19H16N4O4/c1-27-13-9-6-12(7-10-13)8-11-16(24)21-19(26)23-22-17-14-4-2-3-5-15(14)20-18(17)25/h2-11H,1H3,(H,20,22,25)(H2,21,23,24,26)/b11-8+. The van der Waals surface area contributed by atoms with E-state index in [4.69, 9.17) is 4.74 Å². The second-order valence-corrected chi connectivity index (χ2v) is 5.50. The zero-order valence-electron chi connectivity index (χ0n) is 14.4. The van der Waals surface area contributed by atoms with E-state index >= 15 is 0 Å². The minimum Gasteiger partial charge on any atom is -0.497 e. The number of fused-ring (bicyclic) bond motifs is 1. The molecule has 0 unspecified atom stereocenters. The summed E-state index contributed by atoms with van der Waals surface area (Å²) in [6, 6.07) is 13.2. The van der Waals surface area contributed by atoms with Crippen LogP contribution in [0.25, 0.3) is 6.08 Å². The summed E-state index contributed by atoms with van der Waals surface area (Å²) in [7, 11) is 1.56. The zero-order chi connectivity index (χ0) is 19.2. The monoisotopic (exact) mass is 364 g/mol. The highest BCUT2D eigenvalue weighted by Gasteiger charge is 2.25. The highest BCUT2D eigenvalue weighted by molar-refractivity contribution is 6.53. The lowest BCUT2D eigenvalue weighted by Gasteiger charge is -2.01. The second kappa shape index (κ2) is 7.96. The van der Waals surface area contributed by atoms with E-state index in [0.29, 0.717) is 17.0 Å². The number of nitrogens with zero attached hydrogens (tertiary/aromatic N) is 1. The van der Waals surface area contributed by atoms with Gasteiger partial charge in [0.1, 0.15) is 5.75 Å². The Hall–Kier alpha value is -3.94. The van der Waals surface area contributed by atoms with Gasteiger partial charge in [0, 0.05) is 11.6 Å². The molecule has 1 aliphatic rings. The number of carbonyl (C=O) groups is 3. The molecule has 27 heavy (non-hydrogen) atoms. The van der Waals surface area contributed by atoms with Gasteiger partial charge >= 0.3 is 6.03 Å². The van der Waals surface area contributed by atoms with Crippen LogP contribution in [0.3, 0.4) is 0 Å². The number of para-hydroxylation sites is 1. The molecule has 0 aromatic heterocycles. The molecule has 0 atom stereocenters. The van der Waals surface area contributed by atoms with Crippen LogP contribution in [0.15, 0.2) is 59.7 Å². The molecule has 0 saturated carbocycles. The number of hydrazone groups is 1. The third-order valence-corrected chi connectivity index (χ3v) is 3.69. The van der Waals surface area contributed by atoms with Gasteiger partial charge in [-0.25, -0.2) is 10.2 Å². The van der Waals surface area contributed by atoms with Gasteiger partial charge in [0.2, 0.25) is 0 Å². The van der Waals surface area contributed by atoms with Crippen LogP contribution in [0.2, 0.25) is 0 Å². The van der Waals surface area contributed by atoms with Gasteiger partial charge in [-0.15, -0.1) is 0 Å². The maximum absolute atomic E-state index is 11.9. The summed E-state index contributed by atoms with van der Waals surface area (Å²) in [5.41, 5.74) is 4.18. The number of ether oxygens (including phenoxy) is 1. The number of methoxy groups -OCH3 is 1. The van der Waals surface area contributed by atoms with E-state index in [2.05, 4.69) is 21.2 Å². The Labute approximate surface area is 154 Å². The fraction of sp³-hybridized carbons (Fsp3) is 0.0526. The topological polar surface area (TPSA) is 109 Å². The third kappa shape index (κ3) is 4.37. The first-order chi connectivity index (χ1) is 13.1. The summed E-state index contributed by atoms with van der Waals surface area (Å²) in [4.78, 5) is 35.5. The molecule has 0 radical (unpaired) electrons. The number of hydrogen-bond donors (Lipinski definition) is 3. The Balaban J connectivity index is 1.56. The minimum absolute atomic E-state index is 0.0713. The molecule has 0 aliphatic carbocycles. The van der Waals surface area contributed by atoms with Gasteiger partial charge in [-0.2, -0.15) is 5.10 Å². The number of carbonyl (C=O) groups excluding carboxylic acids is 3. The second-order valence-electron chi connectivity index (χ2n) is 5.50. The third-order valence-electron chi connectivity index (χ3n) is 3.69. The average Bonchev–Trinajstić information content (AvgIpc) is 3.00. The Bertz CT molecular complexity index is 948.